The minimum Gasteiger partial charge on any atom is -0.473 e. The fraction of sp³-hybridized carbons (Fsp3) is 0.261. The molecule has 2 aromatic carbocycles. The number of rotatable bonds is 5. The smallest absolute Gasteiger partial charge is 0.352 e. The van der Waals surface area contributed by atoms with E-state index in [0.29, 0.717) is 29.6 Å². The zero-order valence-electron chi connectivity index (χ0n) is 17.2. The number of ether oxygens (including phenoxy) is 2. The van der Waals surface area contributed by atoms with Crippen molar-refractivity contribution in [2.24, 2.45) is 0 Å². The number of halogens is 1. The van der Waals surface area contributed by atoms with Crippen molar-refractivity contribution >= 4 is 5.82 Å². The van der Waals surface area contributed by atoms with Gasteiger partial charge in [-0.3, -0.25) is 4.57 Å². The van der Waals surface area contributed by atoms with Gasteiger partial charge in [-0.1, -0.05) is 6.07 Å². The molecule has 0 fully saturated rings. The first kappa shape index (κ1) is 20.4. The van der Waals surface area contributed by atoms with E-state index in [1.807, 2.05) is 11.9 Å². The standard InChI is InChI=1S/C23H21FN4O3/c1-15-9-10-28-22(27(15)2)12-21(26-23(28)29)30-14-16-3-8-20(17(11-16)13-25)31-19-6-4-18(24)5-7-19/h3-8,11-12,15H,9-10,14H2,1-2H3/t15-/m1/s1. The molecule has 1 aliphatic rings. The molecule has 4 rings (SSSR count). The second-order valence-corrected chi connectivity index (χ2v) is 7.42. The number of anilines is 1. The van der Waals surface area contributed by atoms with Crippen LogP contribution in [0.5, 0.6) is 17.4 Å². The van der Waals surface area contributed by atoms with Crippen LogP contribution in [0.25, 0.3) is 0 Å². The first-order valence-corrected chi connectivity index (χ1v) is 9.88. The average molecular weight is 420 g/mol. The van der Waals surface area contributed by atoms with Gasteiger partial charge in [0.15, 0.2) is 0 Å². The third kappa shape index (κ3) is 4.36. The van der Waals surface area contributed by atoms with Crippen molar-refractivity contribution in [1.29, 1.82) is 5.26 Å². The predicted molar refractivity (Wildman–Crippen MR) is 113 cm³/mol. The van der Waals surface area contributed by atoms with Crippen LogP contribution in [0.1, 0.15) is 24.5 Å². The normalized spacial score (nSPS) is 15.2. The SMILES string of the molecule is C[C@@H]1CCn2c(cc(OCc3ccc(Oc4ccc(F)cc4)c(C#N)c3)nc2=O)N1C. The molecule has 8 heteroatoms. The molecule has 0 N–H and O–H groups in total. The van der Waals surface area contributed by atoms with E-state index in [-0.39, 0.29) is 24.0 Å². The molecule has 0 amide bonds. The lowest BCUT2D eigenvalue weighted by atomic mass is 10.1. The fourth-order valence-corrected chi connectivity index (χ4v) is 3.42. The predicted octanol–water partition coefficient (Wildman–Crippen LogP) is 3.85. The first-order chi connectivity index (χ1) is 14.9. The Kier molecular flexibility index (Phi) is 5.58. The maximum atomic E-state index is 13.1. The van der Waals surface area contributed by atoms with Crippen LogP contribution in [0.15, 0.2) is 53.3 Å². The largest absolute Gasteiger partial charge is 0.473 e. The second kappa shape index (κ2) is 8.48. The summed E-state index contributed by atoms with van der Waals surface area (Å²) in [5, 5.41) is 9.48. The van der Waals surface area contributed by atoms with E-state index >= 15 is 0 Å². The molecule has 2 heterocycles. The molecular formula is C23H21FN4O3. The number of nitrogens with zero attached hydrogens (tertiary/aromatic N) is 4. The summed E-state index contributed by atoms with van der Waals surface area (Å²) in [6.07, 6.45) is 0.884. The molecule has 0 bridgehead atoms. The van der Waals surface area contributed by atoms with Crippen LogP contribution in [0.3, 0.4) is 0 Å². The summed E-state index contributed by atoms with van der Waals surface area (Å²) in [6, 6.07) is 14.8. The maximum Gasteiger partial charge on any atom is 0.352 e. The highest BCUT2D eigenvalue weighted by Crippen LogP contribution is 2.27. The van der Waals surface area contributed by atoms with Gasteiger partial charge in [0, 0.05) is 25.7 Å². The van der Waals surface area contributed by atoms with Crippen LogP contribution in [-0.2, 0) is 13.2 Å². The van der Waals surface area contributed by atoms with Crippen LogP contribution >= 0.6 is 0 Å². The van der Waals surface area contributed by atoms with Gasteiger partial charge in [-0.15, -0.1) is 0 Å². The van der Waals surface area contributed by atoms with Gasteiger partial charge >= 0.3 is 5.69 Å². The highest BCUT2D eigenvalue weighted by Gasteiger charge is 2.22. The summed E-state index contributed by atoms with van der Waals surface area (Å²) < 4.78 is 26.1. The molecule has 0 radical (unpaired) electrons. The van der Waals surface area contributed by atoms with Crippen molar-refractivity contribution in [2.45, 2.75) is 32.5 Å². The van der Waals surface area contributed by atoms with E-state index in [1.54, 1.807) is 28.8 Å². The number of benzene rings is 2. The molecule has 3 aromatic rings. The molecular weight excluding hydrogens is 399 g/mol. The minimum absolute atomic E-state index is 0.140. The summed E-state index contributed by atoms with van der Waals surface area (Å²) in [7, 11) is 1.94. The van der Waals surface area contributed by atoms with Crippen molar-refractivity contribution in [2.75, 3.05) is 11.9 Å². The molecule has 0 spiro atoms. The summed E-state index contributed by atoms with van der Waals surface area (Å²) in [5.41, 5.74) is 0.703. The van der Waals surface area contributed by atoms with E-state index in [4.69, 9.17) is 9.47 Å². The third-order valence-electron chi connectivity index (χ3n) is 5.35. The molecule has 0 aliphatic carbocycles. The lowest BCUT2D eigenvalue weighted by molar-refractivity contribution is 0.289. The van der Waals surface area contributed by atoms with Crippen molar-refractivity contribution in [3.63, 3.8) is 0 Å². The number of aromatic nitrogens is 2. The lowest BCUT2D eigenvalue weighted by Crippen LogP contribution is -2.41. The van der Waals surface area contributed by atoms with Crippen molar-refractivity contribution < 1.29 is 13.9 Å². The van der Waals surface area contributed by atoms with Gasteiger partial charge in [0.05, 0.1) is 5.56 Å². The Bertz CT molecular complexity index is 1200. The number of nitriles is 1. The van der Waals surface area contributed by atoms with Gasteiger partial charge < -0.3 is 14.4 Å². The van der Waals surface area contributed by atoms with Gasteiger partial charge in [-0.2, -0.15) is 10.2 Å². The monoisotopic (exact) mass is 420 g/mol. The molecule has 1 atom stereocenters. The molecule has 0 saturated carbocycles. The summed E-state index contributed by atoms with van der Waals surface area (Å²) in [4.78, 5) is 18.4. The van der Waals surface area contributed by atoms with Gasteiger partial charge in [0.2, 0.25) is 5.88 Å². The first-order valence-electron chi connectivity index (χ1n) is 9.88. The van der Waals surface area contributed by atoms with Gasteiger partial charge in [-0.25, -0.2) is 9.18 Å². The summed E-state index contributed by atoms with van der Waals surface area (Å²) in [5.74, 6) is 1.44. The summed E-state index contributed by atoms with van der Waals surface area (Å²) >= 11 is 0. The molecule has 7 nitrogen and oxygen atoms in total. The molecule has 158 valence electrons. The highest BCUT2D eigenvalue weighted by molar-refractivity contribution is 5.48. The Hall–Kier alpha value is -3.86. The van der Waals surface area contributed by atoms with E-state index < -0.39 is 0 Å². The maximum absolute atomic E-state index is 13.1. The lowest BCUT2D eigenvalue weighted by Gasteiger charge is -2.34. The van der Waals surface area contributed by atoms with Crippen LogP contribution in [0.2, 0.25) is 0 Å². The molecule has 31 heavy (non-hydrogen) atoms. The Morgan fingerprint density at radius 2 is 2.00 bits per heavy atom. The molecule has 1 aliphatic heterocycles. The number of fused-ring (bicyclic) bond motifs is 1. The van der Waals surface area contributed by atoms with Gasteiger partial charge in [-0.05, 0) is 55.3 Å². The zero-order valence-corrected chi connectivity index (χ0v) is 17.2. The van der Waals surface area contributed by atoms with Crippen molar-refractivity contribution in [3.8, 4) is 23.4 Å². The van der Waals surface area contributed by atoms with Gasteiger partial charge in [0.1, 0.15) is 35.8 Å². The van der Waals surface area contributed by atoms with Gasteiger partial charge in [0.25, 0.3) is 0 Å². The summed E-state index contributed by atoms with van der Waals surface area (Å²) in [6.45, 7) is 2.88. The van der Waals surface area contributed by atoms with Crippen LogP contribution in [-0.4, -0.2) is 22.6 Å². The quantitative estimate of drug-likeness (QED) is 0.624. The minimum atomic E-state index is -0.364. The van der Waals surface area contributed by atoms with E-state index in [9.17, 15) is 14.4 Å². The average Bonchev–Trinajstić information content (AvgIpc) is 2.77. The Morgan fingerprint density at radius 3 is 2.74 bits per heavy atom. The van der Waals surface area contributed by atoms with Crippen LogP contribution in [0.4, 0.5) is 10.2 Å². The number of hydrogen-bond acceptors (Lipinski definition) is 6. The van der Waals surface area contributed by atoms with E-state index in [0.717, 1.165) is 17.8 Å². The highest BCUT2D eigenvalue weighted by atomic mass is 19.1. The van der Waals surface area contributed by atoms with Crippen molar-refractivity contribution in [1.82, 2.24) is 9.55 Å². The van der Waals surface area contributed by atoms with E-state index in [1.165, 1.54) is 24.3 Å². The Labute approximate surface area is 178 Å². The molecule has 1 aromatic heterocycles. The van der Waals surface area contributed by atoms with Crippen molar-refractivity contribution in [3.05, 3.63) is 76.0 Å². The second-order valence-electron chi connectivity index (χ2n) is 7.42. The number of hydrogen-bond donors (Lipinski definition) is 0. The van der Waals surface area contributed by atoms with E-state index in [2.05, 4.69) is 18.0 Å². The Morgan fingerprint density at radius 1 is 1.23 bits per heavy atom. The molecule has 0 saturated heterocycles. The third-order valence-corrected chi connectivity index (χ3v) is 5.35. The Balaban J connectivity index is 1.50. The van der Waals surface area contributed by atoms with Crippen LogP contribution in [0, 0.1) is 17.1 Å². The van der Waals surface area contributed by atoms with Crippen LogP contribution < -0.4 is 20.1 Å². The topological polar surface area (TPSA) is 80.4 Å². The fourth-order valence-electron chi connectivity index (χ4n) is 3.42. The molecule has 0 unspecified atom stereocenters. The zero-order chi connectivity index (χ0) is 22.0.